The van der Waals surface area contributed by atoms with Gasteiger partial charge in [0, 0.05) is 0 Å². The van der Waals surface area contributed by atoms with Crippen molar-refractivity contribution in [2.75, 3.05) is 20.2 Å². The third-order valence-corrected chi connectivity index (χ3v) is 3.20. The Hall–Kier alpha value is -1.06. The zero-order valence-corrected chi connectivity index (χ0v) is 11.7. The van der Waals surface area contributed by atoms with Crippen molar-refractivity contribution in [3.05, 3.63) is 29.8 Å². The molecule has 1 unspecified atom stereocenters. The lowest BCUT2D eigenvalue weighted by molar-refractivity contribution is 0.0427. The summed E-state index contributed by atoms with van der Waals surface area (Å²) in [6.45, 7) is 5.81. The molecule has 0 aliphatic carbocycles. The fourth-order valence-corrected chi connectivity index (χ4v) is 1.87. The Bertz CT molecular complexity index is 333. The number of rotatable bonds is 8. The topological polar surface area (TPSA) is 41.5 Å². The van der Waals surface area contributed by atoms with Crippen molar-refractivity contribution in [1.82, 2.24) is 5.32 Å². The van der Waals surface area contributed by atoms with E-state index in [4.69, 9.17) is 4.74 Å². The van der Waals surface area contributed by atoms with Gasteiger partial charge < -0.3 is 15.2 Å². The highest BCUT2D eigenvalue weighted by Gasteiger charge is 2.19. The van der Waals surface area contributed by atoms with Gasteiger partial charge in [-0.25, -0.2) is 0 Å². The first-order valence-electron chi connectivity index (χ1n) is 6.63. The molecule has 1 atom stereocenters. The lowest BCUT2D eigenvalue weighted by atomic mass is 9.93. The van der Waals surface area contributed by atoms with E-state index in [1.807, 2.05) is 19.1 Å². The first-order chi connectivity index (χ1) is 8.57. The molecule has 102 valence electrons. The van der Waals surface area contributed by atoms with Gasteiger partial charge in [-0.15, -0.1) is 0 Å². The monoisotopic (exact) mass is 251 g/mol. The van der Waals surface area contributed by atoms with Crippen molar-refractivity contribution in [3.8, 4) is 5.75 Å². The molecule has 3 nitrogen and oxygen atoms in total. The van der Waals surface area contributed by atoms with Crippen LogP contribution in [0.4, 0.5) is 0 Å². The van der Waals surface area contributed by atoms with Crippen LogP contribution in [-0.4, -0.2) is 30.9 Å². The summed E-state index contributed by atoms with van der Waals surface area (Å²) < 4.78 is 5.12. The van der Waals surface area contributed by atoms with Gasteiger partial charge in [-0.1, -0.05) is 19.1 Å². The first kappa shape index (κ1) is 15.0. The molecule has 0 saturated carbocycles. The zero-order valence-electron chi connectivity index (χ0n) is 11.7. The summed E-state index contributed by atoms with van der Waals surface area (Å²) >= 11 is 0. The number of hydrogen-bond acceptors (Lipinski definition) is 3. The minimum Gasteiger partial charge on any atom is -0.497 e. The molecule has 0 aliphatic rings. The van der Waals surface area contributed by atoms with Crippen LogP contribution in [0.25, 0.3) is 0 Å². The highest BCUT2D eigenvalue weighted by molar-refractivity contribution is 5.27. The normalized spacial score (nSPS) is 14.2. The van der Waals surface area contributed by atoms with Gasteiger partial charge in [-0.2, -0.15) is 0 Å². The summed E-state index contributed by atoms with van der Waals surface area (Å²) in [6, 6.07) is 8.03. The van der Waals surface area contributed by atoms with Gasteiger partial charge in [0.25, 0.3) is 0 Å². The molecule has 1 rings (SSSR count). The third kappa shape index (κ3) is 5.52. The molecular formula is C15H25NO2. The maximum Gasteiger partial charge on any atom is 0.118 e. The van der Waals surface area contributed by atoms with Gasteiger partial charge in [0.15, 0.2) is 0 Å². The molecule has 1 aromatic carbocycles. The van der Waals surface area contributed by atoms with Crippen molar-refractivity contribution >= 4 is 0 Å². The fourth-order valence-electron chi connectivity index (χ4n) is 1.87. The fraction of sp³-hybridized carbons (Fsp3) is 0.600. The van der Waals surface area contributed by atoms with E-state index in [9.17, 15) is 5.11 Å². The zero-order chi connectivity index (χ0) is 13.4. The van der Waals surface area contributed by atoms with Gasteiger partial charge in [0.05, 0.1) is 12.7 Å². The van der Waals surface area contributed by atoms with Crippen LogP contribution in [0.3, 0.4) is 0 Å². The average Bonchev–Trinajstić information content (AvgIpc) is 2.37. The largest absolute Gasteiger partial charge is 0.497 e. The van der Waals surface area contributed by atoms with E-state index < -0.39 is 5.60 Å². The average molecular weight is 251 g/mol. The summed E-state index contributed by atoms with van der Waals surface area (Å²) in [5.74, 6) is 0.873. The standard InChI is InChI=1S/C15H25NO2/c1-4-16-12-11-15(2,17)10-9-13-5-7-14(18-3)8-6-13/h5-8,16-17H,4,9-12H2,1-3H3. The van der Waals surface area contributed by atoms with Crippen LogP contribution in [0.5, 0.6) is 5.75 Å². The molecule has 0 spiro atoms. The Labute approximate surface area is 110 Å². The van der Waals surface area contributed by atoms with E-state index >= 15 is 0 Å². The van der Waals surface area contributed by atoms with E-state index in [2.05, 4.69) is 24.4 Å². The van der Waals surface area contributed by atoms with Crippen LogP contribution in [0, 0.1) is 0 Å². The van der Waals surface area contributed by atoms with Crippen LogP contribution >= 0.6 is 0 Å². The van der Waals surface area contributed by atoms with Crippen molar-refractivity contribution in [2.45, 2.75) is 38.7 Å². The molecule has 0 aliphatic heterocycles. The second-order valence-electron chi connectivity index (χ2n) is 4.95. The molecule has 3 heteroatoms. The Morgan fingerprint density at radius 3 is 2.44 bits per heavy atom. The Morgan fingerprint density at radius 2 is 1.89 bits per heavy atom. The highest BCUT2D eigenvalue weighted by Crippen LogP contribution is 2.19. The molecule has 2 N–H and O–H groups in total. The molecule has 18 heavy (non-hydrogen) atoms. The predicted molar refractivity (Wildman–Crippen MR) is 75.1 cm³/mol. The minimum absolute atomic E-state index is 0.595. The van der Waals surface area contributed by atoms with Gasteiger partial charge >= 0.3 is 0 Å². The summed E-state index contributed by atoms with van der Waals surface area (Å²) in [5, 5.41) is 13.5. The first-order valence-corrected chi connectivity index (χ1v) is 6.63. The summed E-state index contributed by atoms with van der Waals surface area (Å²) in [7, 11) is 1.67. The van der Waals surface area contributed by atoms with Crippen LogP contribution < -0.4 is 10.1 Å². The smallest absolute Gasteiger partial charge is 0.118 e. The van der Waals surface area contributed by atoms with Crippen molar-refractivity contribution in [3.63, 3.8) is 0 Å². The number of benzene rings is 1. The summed E-state index contributed by atoms with van der Waals surface area (Å²) in [5.41, 5.74) is 0.641. The lowest BCUT2D eigenvalue weighted by Crippen LogP contribution is -2.30. The van der Waals surface area contributed by atoms with E-state index in [0.717, 1.165) is 38.1 Å². The quantitative estimate of drug-likeness (QED) is 0.697. The maximum atomic E-state index is 10.2. The highest BCUT2D eigenvalue weighted by atomic mass is 16.5. The van der Waals surface area contributed by atoms with Crippen LogP contribution in [-0.2, 0) is 6.42 Å². The summed E-state index contributed by atoms with van der Waals surface area (Å²) in [4.78, 5) is 0. The van der Waals surface area contributed by atoms with Gasteiger partial charge in [0.1, 0.15) is 5.75 Å². The van der Waals surface area contributed by atoms with Crippen molar-refractivity contribution in [2.24, 2.45) is 0 Å². The molecule has 0 bridgehead atoms. The Morgan fingerprint density at radius 1 is 1.22 bits per heavy atom. The number of aryl methyl sites for hydroxylation is 1. The van der Waals surface area contributed by atoms with E-state index in [1.165, 1.54) is 5.56 Å². The van der Waals surface area contributed by atoms with Crippen molar-refractivity contribution < 1.29 is 9.84 Å². The van der Waals surface area contributed by atoms with Crippen LogP contribution in [0.2, 0.25) is 0 Å². The molecule has 0 heterocycles. The maximum absolute atomic E-state index is 10.2. The second kappa shape index (κ2) is 7.39. The number of hydrogen-bond donors (Lipinski definition) is 2. The molecule has 0 saturated heterocycles. The Kier molecular flexibility index (Phi) is 6.16. The molecular weight excluding hydrogens is 226 g/mol. The van der Waals surface area contributed by atoms with Gasteiger partial charge in [0.2, 0.25) is 0 Å². The minimum atomic E-state index is -0.595. The van der Waals surface area contributed by atoms with Crippen LogP contribution in [0.1, 0.15) is 32.3 Å². The molecule has 0 amide bonds. The molecule has 0 radical (unpaired) electrons. The SMILES string of the molecule is CCNCCC(C)(O)CCc1ccc(OC)cc1. The third-order valence-electron chi connectivity index (χ3n) is 3.20. The number of ether oxygens (including phenoxy) is 1. The molecule has 1 aromatic rings. The second-order valence-corrected chi connectivity index (χ2v) is 4.95. The molecule has 0 aromatic heterocycles. The number of aliphatic hydroxyl groups is 1. The van der Waals surface area contributed by atoms with E-state index in [1.54, 1.807) is 7.11 Å². The van der Waals surface area contributed by atoms with Gasteiger partial charge in [-0.3, -0.25) is 0 Å². The van der Waals surface area contributed by atoms with E-state index in [0.29, 0.717) is 0 Å². The Balaban J connectivity index is 2.37. The van der Waals surface area contributed by atoms with Gasteiger partial charge in [-0.05, 0) is 57.0 Å². The molecule has 0 fully saturated rings. The summed E-state index contributed by atoms with van der Waals surface area (Å²) in [6.07, 6.45) is 2.46. The lowest BCUT2D eigenvalue weighted by Gasteiger charge is -2.23. The number of nitrogens with one attached hydrogen (secondary N) is 1. The number of methoxy groups -OCH3 is 1. The predicted octanol–water partition coefficient (Wildman–Crippen LogP) is 2.38. The van der Waals surface area contributed by atoms with E-state index in [-0.39, 0.29) is 0 Å². The van der Waals surface area contributed by atoms with Crippen LogP contribution in [0.15, 0.2) is 24.3 Å². The van der Waals surface area contributed by atoms with Crippen molar-refractivity contribution in [1.29, 1.82) is 0 Å².